The molecule has 29 heavy (non-hydrogen) atoms. The fourth-order valence-corrected chi connectivity index (χ4v) is 4.03. The minimum absolute atomic E-state index is 0. The average Bonchev–Trinajstić information content (AvgIpc) is 2.71. The van der Waals surface area contributed by atoms with Crippen molar-refractivity contribution in [1.82, 2.24) is 14.5 Å². The summed E-state index contributed by atoms with van der Waals surface area (Å²) in [6, 6.07) is 9.10. The van der Waals surface area contributed by atoms with Crippen molar-refractivity contribution < 1.29 is 5.11 Å². The van der Waals surface area contributed by atoms with Gasteiger partial charge in [0.1, 0.15) is 5.65 Å². The molecule has 2 aromatic heterocycles. The number of nitrogens with one attached hydrogen (secondary N) is 1. The third-order valence-electron chi connectivity index (χ3n) is 5.48. The number of aryl methyl sites for hydroxylation is 1. The number of aromatic nitrogens is 3. The Morgan fingerprint density at radius 2 is 1.93 bits per heavy atom. The van der Waals surface area contributed by atoms with E-state index in [2.05, 4.69) is 15.3 Å². The lowest BCUT2D eigenvalue weighted by atomic mass is 9.87. The summed E-state index contributed by atoms with van der Waals surface area (Å²) in [5, 5.41) is 14.2. The van der Waals surface area contributed by atoms with Crippen LogP contribution in [0.2, 0.25) is 5.02 Å². The van der Waals surface area contributed by atoms with E-state index in [9.17, 15) is 9.90 Å². The van der Waals surface area contributed by atoms with Gasteiger partial charge in [-0.15, -0.1) is 12.4 Å². The molecule has 1 aliphatic rings. The topological polar surface area (TPSA) is 80.0 Å². The highest BCUT2D eigenvalue weighted by Gasteiger charge is 2.19. The van der Waals surface area contributed by atoms with Crippen LogP contribution in [0.3, 0.4) is 0 Å². The van der Waals surface area contributed by atoms with Crippen molar-refractivity contribution in [3.63, 3.8) is 0 Å². The number of anilines is 1. The van der Waals surface area contributed by atoms with Crippen molar-refractivity contribution in [2.75, 3.05) is 11.9 Å². The van der Waals surface area contributed by atoms with E-state index in [1.165, 1.54) is 4.57 Å². The summed E-state index contributed by atoms with van der Waals surface area (Å²) in [5.74, 6) is 1.02. The second-order valence-corrected chi connectivity index (χ2v) is 7.84. The summed E-state index contributed by atoms with van der Waals surface area (Å²) in [6.45, 7) is 0.768. The molecule has 3 aromatic rings. The molecule has 0 amide bonds. The van der Waals surface area contributed by atoms with E-state index in [1.807, 2.05) is 18.2 Å². The summed E-state index contributed by atoms with van der Waals surface area (Å²) >= 11 is 6.28. The largest absolute Gasteiger partial charge is 0.393 e. The minimum Gasteiger partial charge on any atom is -0.393 e. The first-order valence-electron chi connectivity index (χ1n) is 9.56. The second-order valence-electron chi connectivity index (χ2n) is 7.43. The van der Waals surface area contributed by atoms with Crippen molar-refractivity contribution in [2.45, 2.75) is 31.8 Å². The van der Waals surface area contributed by atoms with Crippen molar-refractivity contribution in [1.29, 1.82) is 0 Å². The Bertz CT molecular complexity index is 1060. The molecule has 0 bridgehead atoms. The van der Waals surface area contributed by atoms with E-state index in [1.54, 1.807) is 25.4 Å². The lowest BCUT2D eigenvalue weighted by molar-refractivity contribution is 0.111. The van der Waals surface area contributed by atoms with Crippen LogP contribution in [0.5, 0.6) is 0 Å². The molecule has 0 spiro atoms. The van der Waals surface area contributed by atoms with Crippen LogP contribution in [0.1, 0.15) is 25.7 Å². The van der Waals surface area contributed by atoms with Gasteiger partial charge in [-0.2, -0.15) is 4.98 Å². The van der Waals surface area contributed by atoms with E-state index in [0.717, 1.165) is 37.6 Å². The van der Waals surface area contributed by atoms with Gasteiger partial charge in [-0.1, -0.05) is 29.8 Å². The molecule has 0 radical (unpaired) electrons. The van der Waals surface area contributed by atoms with E-state index >= 15 is 0 Å². The number of fused-ring (bicyclic) bond motifs is 1. The second kappa shape index (κ2) is 9.11. The molecule has 1 fully saturated rings. The summed E-state index contributed by atoms with van der Waals surface area (Å²) < 4.78 is 1.54. The molecule has 8 heteroatoms. The SMILES string of the molecule is Cl.Cn1c(=O)c(-c2ccccc2Cl)cc2cnc(NCC3CCC(O)CC3)nc21. The maximum absolute atomic E-state index is 12.9. The molecule has 1 aromatic carbocycles. The van der Waals surface area contributed by atoms with Gasteiger partial charge in [-0.05, 0) is 43.7 Å². The maximum Gasteiger partial charge on any atom is 0.259 e. The third-order valence-corrected chi connectivity index (χ3v) is 5.81. The van der Waals surface area contributed by atoms with E-state index in [0.29, 0.717) is 33.7 Å². The van der Waals surface area contributed by atoms with Crippen LogP contribution < -0.4 is 10.9 Å². The van der Waals surface area contributed by atoms with Gasteiger partial charge < -0.3 is 10.4 Å². The number of halogens is 2. The van der Waals surface area contributed by atoms with Gasteiger partial charge in [0.15, 0.2) is 0 Å². The van der Waals surface area contributed by atoms with Crippen molar-refractivity contribution in [2.24, 2.45) is 13.0 Å². The molecule has 2 N–H and O–H groups in total. The van der Waals surface area contributed by atoms with Crippen LogP contribution in [0.25, 0.3) is 22.2 Å². The fourth-order valence-electron chi connectivity index (χ4n) is 3.79. The predicted molar refractivity (Wildman–Crippen MR) is 119 cm³/mol. The fraction of sp³-hybridized carbons (Fsp3) is 0.381. The monoisotopic (exact) mass is 434 g/mol. The third kappa shape index (κ3) is 4.55. The van der Waals surface area contributed by atoms with Crippen LogP contribution in [0, 0.1) is 5.92 Å². The molecule has 4 rings (SSSR count). The Morgan fingerprint density at radius 3 is 2.66 bits per heavy atom. The van der Waals surface area contributed by atoms with Gasteiger partial charge in [0.05, 0.1) is 6.10 Å². The molecule has 6 nitrogen and oxygen atoms in total. The molecule has 0 aliphatic heterocycles. The first kappa shape index (κ1) is 21.6. The number of hydrogen-bond donors (Lipinski definition) is 2. The lowest BCUT2D eigenvalue weighted by Gasteiger charge is -2.25. The molecule has 2 heterocycles. The first-order chi connectivity index (χ1) is 13.5. The number of nitrogens with zero attached hydrogens (tertiary/aromatic N) is 3. The van der Waals surface area contributed by atoms with Crippen LogP contribution >= 0.6 is 24.0 Å². The first-order valence-corrected chi connectivity index (χ1v) is 9.94. The van der Waals surface area contributed by atoms with Gasteiger partial charge in [-0.3, -0.25) is 9.36 Å². The Hall–Kier alpha value is -2.15. The van der Waals surface area contributed by atoms with Crippen LogP contribution in [-0.4, -0.2) is 32.3 Å². The number of benzene rings is 1. The predicted octanol–water partition coefficient (Wildman–Crippen LogP) is 4.03. The molecule has 154 valence electrons. The van der Waals surface area contributed by atoms with Gasteiger partial charge in [0.2, 0.25) is 5.95 Å². The summed E-state index contributed by atoms with van der Waals surface area (Å²) in [7, 11) is 1.71. The van der Waals surface area contributed by atoms with Crippen molar-refractivity contribution in [3.8, 4) is 11.1 Å². The van der Waals surface area contributed by atoms with E-state index in [-0.39, 0.29) is 24.1 Å². The minimum atomic E-state index is -0.157. The van der Waals surface area contributed by atoms with Gasteiger partial charge in [0.25, 0.3) is 5.56 Å². The highest BCUT2D eigenvalue weighted by molar-refractivity contribution is 6.33. The highest BCUT2D eigenvalue weighted by atomic mass is 35.5. The molecule has 1 saturated carbocycles. The number of pyridine rings is 1. The molecule has 0 atom stereocenters. The Labute approximate surface area is 180 Å². The quantitative estimate of drug-likeness (QED) is 0.647. The maximum atomic E-state index is 12.9. The summed E-state index contributed by atoms with van der Waals surface area (Å²) in [5.41, 5.74) is 1.67. The highest BCUT2D eigenvalue weighted by Crippen LogP contribution is 2.27. The van der Waals surface area contributed by atoms with E-state index < -0.39 is 0 Å². The van der Waals surface area contributed by atoms with Crippen LogP contribution in [0.4, 0.5) is 5.95 Å². The zero-order chi connectivity index (χ0) is 19.7. The molecule has 1 aliphatic carbocycles. The Balaban J connectivity index is 0.00000240. The standard InChI is InChI=1S/C21H23ClN4O2.ClH/c1-26-19-14(10-17(20(26)28)16-4-2-3-5-18(16)22)12-24-21(25-19)23-11-13-6-8-15(27)9-7-13;/h2-5,10,12-13,15,27H,6-9,11H2,1H3,(H,23,24,25);1H. The smallest absolute Gasteiger partial charge is 0.259 e. The van der Waals surface area contributed by atoms with Crippen molar-refractivity contribution in [3.05, 3.63) is 51.9 Å². The zero-order valence-corrected chi connectivity index (χ0v) is 17.7. The van der Waals surface area contributed by atoms with Crippen LogP contribution in [-0.2, 0) is 7.05 Å². The Kier molecular flexibility index (Phi) is 6.77. The summed E-state index contributed by atoms with van der Waals surface area (Å²) in [6.07, 6.45) is 5.28. The van der Waals surface area contributed by atoms with Crippen LogP contribution in [0.15, 0.2) is 41.3 Å². The Morgan fingerprint density at radius 1 is 1.21 bits per heavy atom. The van der Waals surface area contributed by atoms with E-state index in [4.69, 9.17) is 11.6 Å². The molecule has 0 unspecified atom stereocenters. The van der Waals surface area contributed by atoms with Gasteiger partial charge >= 0.3 is 0 Å². The average molecular weight is 435 g/mol. The molecular formula is C21H24Cl2N4O2. The van der Waals surface area contributed by atoms with Gasteiger partial charge in [-0.25, -0.2) is 4.98 Å². The number of rotatable bonds is 4. The van der Waals surface area contributed by atoms with Gasteiger partial charge in [0, 0.05) is 41.3 Å². The van der Waals surface area contributed by atoms with Crippen molar-refractivity contribution >= 4 is 41.0 Å². The zero-order valence-electron chi connectivity index (χ0n) is 16.1. The molecule has 0 saturated heterocycles. The summed E-state index contributed by atoms with van der Waals surface area (Å²) in [4.78, 5) is 21.8. The lowest BCUT2D eigenvalue weighted by Crippen LogP contribution is -2.24. The number of aliphatic hydroxyl groups excluding tert-OH is 1. The number of hydrogen-bond acceptors (Lipinski definition) is 5. The number of aliphatic hydroxyl groups is 1. The molecular weight excluding hydrogens is 411 g/mol. The normalized spacial score (nSPS) is 19.0.